The van der Waals surface area contributed by atoms with Crippen LogP contribution in [0.3, 0.4) is 0 Å². The van der Waals surface area contributed by atoms with Crippen molar-refractivity contribution in [2.75, 3.05) is 26.2 Å². The van der Waals surface area contributed by atoms with Crippen LogP contribution in [0.15, 0.2) is 17.5 Å². The minimum absolute atomic E-state index is 0.0000315. The van der Waals surface area contributed by atoms with Gasteiger partial charge >= 0.3 is 0 Å². The maximum absolute atomic E-state index is 12.5. The molecular weight excluding hydrogens is 338 g/mol. The van der Waals surface area contributed by atoms with E-state index < -0.39 is 6.04 Å². The van der Waals surface area contributed by atoms with Gasteiger partial charge in [0.2, 0.25) is 11.8 Å². The fourth-order valence-electron chi connectivity index (χ4n) is 3.15. The van der Waals surface area contributed by atoms with Crippen LogP contribution in [0.5, 0.6) is 0 Å². The molecule has 0 spiro atoms. The van der Waals surface area contributed by atoms with Gasteiger partial charge in [0.05, 0.1) is 4.88 Å². The molecule has 3 amide bonds. The first-order valence-corrected chi connectivity index (χ1v) is 9.77. The zero-order chi connectivity index (χ0) is 18.4. The Balaban J connectivity index is 1.84. The third kappa shape index (κ3) is 4.81. The summed E-state index contributed by atoms with van der Waals surface area (Å²) in [5.41, 5.74) is 0. The predicted octanol–water partition coefficient (Wildman–Crippen LogP) is 1.97. The fraction of sp³-hybridized carbons (Fsp3) is 0.611. The summed E-state index contributed by atoms with van der Waals surface area (Å²) < 4.78 is 0. The van der Waals surface area contributed by atoms with E-state index in [1.165, 1.54) is 11.3 Å². The van der Waals surface area contributed by atoms with Gasteiger partial charge in [-0.15, -0.1) is 11.3 Å². The standard InChI is InChI=1S/C18H27N3O3S/c1-4-20(5-2)18(24)14-8-10-21(11-9-14)17(23)13(3)19-16(22)15-7-6-12-25-15/h6-7,12-14H,4-5,8-11H2,1-3H3,(H,19,22). The molecule has 0 radical (unpaired) electrons. The van der Waals surface area contributed by atoms with Crippen LogP contribution in [0.4, 0.5) is 0 Å². The van der Waals surface area contributed by atoms with Gasteiger partial charge in [-0.2, -0.15) is 0 Å². The molecule has 2 rings (SSSR count). The number of rotatable bonds is 6. The van der Waals surface area contributed by atoms with Crippen molar-refractivity contribution < 1.29 is 14.4 Å². The highest BCUT2D eigenvalue weighted by molar-refractivity contribution is 7.12. The molecule has 1 fully saturated rings. The molecule has 1 aromatic heterocycles. The third-order valence-corrected chi connectivity index (χ3v) is 5.56. The SMILES string of the molecule is CCN(CC)C(=O)C1CCN(C(=O)C(C)NC(=O)c2cccs2)CC1. The predicted molar refractivity (Wildman–Crippen MR) is 98.5 cm³/mol. The van der Waals surface area contributed by atoms with Gasteiger partial charge in [-0.05, 0) is 45.1 Å². The highest BCUT2D eigenvalue weighted by Gasteiger charge is 2.31. The highest BCUT2D eigenvalue weighted by atomic mass is 32.1. The lowest BCUT2D eigenvalue weighted by molar-refractivity contribution is -0.141. The van der Waals surface area contributed by atoms with E-state index in [2.05, 4.69) is 5.32 Å². The van der Waals surface area contributed by atoms with Gasteiger partial charge in [-0.1, -0.05) is 6.07 Å². The van der Waals surface area contributed by atoms with Gasteiger partial charge in [0.25, 0.3) is 5.91 Å². The molecule has 25 heavy (non-hydrogen) atoms. The van der Waals surface area contributed by atoms with Crippen molar-refractivity contribution in [1.29, 1.82) is 0 Å². The summed E-state index contributed by atoms with van der Waals surface area (Å²) in [4.78, 5) is 41.2. The molecule has 1 atom stereocenters. The number of thiophene rings is 1. The molecule has 7 heteroatoms. The van der Waals surface area contributed by atoms with Crippen LogP contribution in [-0.4, -0.2) is 59.7 Å². The van der Waals surface area contributed by atoms with E-state index in [9.17, 15) is 14.4 Å². The molecule has 0 saturated carbocycles. The third-order valence-electron chi connectivity index (χ3n) is 4.69. The molecular formula is C18H27N3O3S. The number of amides is 3. The van der Waals surface area contributed by atoms with Gasteiger partial charge in [0.15, 0.2) is 0 Å². The normalized spacial score (nSPS) is 16.4. The number of hydrogen-bond acceptors (Lipinski definition) is 4. The van der Waals surface area contributed by atoms with Crippen LogP contribution < -0.4 is 5.32 Å². The Morgan fingerprint density at radius 2 is 1.92 bits per heavy atom. The van der Waals surface area contributed by atoms with Crippen molar-refractivity contribution in [1.82, 2.24) is 15.1 Å². The molecule has 6 nitrogen and oxygen atoms in total. The van der Waals surface area contributed by atoms with Crippen molar-refractivity contribution in [2.24, 2.45) is 5.92 Å². The maximum Gasteiger partial charge on any atom is 0.261 e. The summed E-state index contributed by atoms with van der Waals surface area (Å²) in [7, 11) is 0. The average molecular weight is 365 g/mol. The molecule has 1 saturated heterocycles. The Morgan fingerprint density at radius 3 is 2.44 bits per heavy atom. The zero-order valence-corrected chi connectivity index (χ0v) is 16.0. The van der Waals surface area contributed by atoms with E-state index in [0.29, 0.717) is 30.8 Å². The highest BCUT2D eigenvalue weighted by Crippen LogP contribution is 2.20. The second-order valence-electron chi connectivity index (χ2n) is 6.28. The van der Waals surface area contributed by atoms with E-state index in [0.717, 1.165) is 13.1 Å². The smallest absolute Gasteiger partial charge is 0.261 e. The molecule has 0 bridgehead atoms. The first kappa shape index (κ1) is 19.4. The molecule has 1 N–H and O–H groups in total. The van der Waals surface area contributed by atoms with Crippen LogP contribution in [0.2, 0.25) is 0 Å². The largest absolute Gasteiger partial charge is 0.343 e. The number of carbonyl (C=O) groups is 3. The number of hydrogen-bond donors (Lipinski definition) is 1. The second-order valence-corrected chi connectivity index (χ2v) is 7.23. The van der Waals surface area contributed by atoms with E-state index in [1.54, 1.807) is 17.9 Å². The maximum atomic E-state index is 12.5. The van der Waals surface area contributed by atoms with Crippen molar-refractivity contribution in [3.05, 3.63) is 22.4 Å². The molecule has 1 unspecified atom stereocenters. The van der Waals surface area contributed by atoms with Gasteiger partial charge in [-0.25, -0.2) is 0 Å². The Hall–Kier alpha value is -1.89. The van der Waals surface area contributed by atoms with E-state index in [-0.39, 0.29) is 23.6 Å². The number of piperidine rings is 1. The summed E-state index contributed by atoms with van der Waals surface area (Å²) in [6, 6.07) is 2.98. The molecule has 0 aliphatic carbocycles. The average Bonchev–Trinajstić information content (AvgIpc) is 3.17. The van der Waals surface area contributed by atoms with E-state index in [4.69, 9.17) is 0 Å². The number of carbonyl (C=O) groups excluding carboxylic acids is 3. The van der Waals surface area contributed by atoms with Gasteiger partial charge in [0, 0.05) is 32.1 Å². The topological polar surface area (TPSA) is 69.7 Å². The van der Waals surface area contributed by atoms with E-state index in [1.807, 2.05) is 30.2 Å². The molecule has 1 aliphatic rings. The monoisotopic (exact) mass is 365 g/mol. The summed E-state index contributed by atoms with van der Waals surface area (Å²) in [5, 5.41) is 4.59. The summed E-state index contributed by atoms with van der Waals surface area (Å²) in [6.07, 6.45) is 1.37. The second kappa shape index (κ2) is 8.99. The number of nitrogens with zero attached hydrogens (tertiary/aromatic N) is 2. The van der Waals surface area contributed by atoms with Gasteiger partial charge < -0.3 is 15.1 Å². The first-order valence-electron chi connectivity index (χ1n) is 8.89. The minimum Gasteiger partial charge on any atom is -0.343 e. The number of likely N-dealkylation sites (tertiary alicyclic amines) is 1. The van der Waals surface area contributed by atoms with Gasteiger partial charge in [0.1, 0.15) is 6.04 Å². The quantitative estimate of drug-likeness (QED) is 0.838. The van der Waals surface area contributed by atoms with Crippen molar-refractivity contribution >= 4 is 29.1 Å². The first-order chi connectivity index (χ1) is 12.0. The lowest BCUT2D eigenvalue weighted by Gasteiger charge is -2.35. The molecule has 138 valence electrons. The molecule has 0 aromatic carbocycles. The molecule has 1 aromatic rings. The lowest BCUT2D eigenvalue weighted by Crippen LogP contribution is -2.50. The Labute approximate surface area is 153 Å². The Kier molecular flexibility index (Phi) is 6.99. The minimum atomic E-state index is -0.565. The van der Waals surface area contributed by atoms with Crippen LogP contribution in [0, 0.1) is 5.92 Å². The van der Waals surface area contributed by atoms with Crippen LogP contribution in [0.25, 0.3) is 0 Å². The lowest BCUT2D eigenvalue weighted by atomic mass is 9.95. The summed E-state index contributed by atoms with van der Waals surface area (Å²) >= 11 is 1.35. The zero-order valence-electron chi connectivity index (χ0n) is 15.2. The van der Waals surface area contributed by atoms with E-state index >= 15 is 0 Å². The van der Waals surface area contributed by atoms with Crippen molar-refractivity contribution in [3.63, 3.8) is 0 Å². The Morgan fingerprint density at radius 1 is 1.28 bits per heavy atom. The number of nitrogens with one attached hydrogen (secondary N) is 1. The molecule has 2 heterocycles. The summed E-state index contributed by atoms with van der Waals surface area (Å²) in [6.45, 7) is 8.25. The van der Waals surface area contributed by atoms with Crippen LogP contribution >= 0.6 is 11.3 Å². The Bertz CT molecular complexity index is 591. The van der Waals surface area contributed by atoms with Gasteiger partial charge in [-0.3, -0.25) is 14.4 Å². The molecule has 1 aliphatic heterocycles. The van der Waals surface area contributed by atoms with Crippen molar-refractivity contribution in [2.45, 2.75) is 39.7 Å². The fourth-order valence-corrected chi connectivity index (χ4v) is 3.78. The van der Waals surface area contributed by atoms with Crippen LogP contribution in [0.1, 0.15) is 43.3 Å². The summed E-state index contributed by atoms with van der Waals surface area (Å²) in [5.74, 6) is -0.114. The van der Waals surface area contributed by atoms with Crippen LogP contribution in [-0.2, 0) is 9.59 Å². The van der Waals surface area contributed by atoms with Crippen molar-refractivity contribution in [3.8, 4) is 0 Å².